The second-order valence-corrected chi connectivity index (χ2v) is 5.14. The Kier molecular flexibility index (Phi) is 5.38. The molecule has 5 nitrogen and oxygen atoms in total. The van der Waals surface area contributed by atoms with Crippen LogP contribution in [0.3, 0.4) is 0 Å². The summed E-state index contributed by atoms with van der Waals surface area (Å²) in [5.41, 5.74) is 1.31. The highest BCUT2D eigenvalue weighted by Crippen LogP contribution is 2.13. The fourth-order valence-corrected chi connectivity index (χ4v) is 1.89. The average molecular weight is 318 g/mol. The lowest BCUT2D eigenvalue weighted by Gasteiger charge is -2.17. The minimum atomic E-state index is -0.370. The number of anilines is 2. The van der Waals surface area contributed by atoms with Crippen molar-refractivity contribution < 1.29 is 9.59 Å². The zero-order valence-corrected chi connectivity index (χ0v) is 12.8. The molecule has 6 heteroatoms. The van der Waals surface area contributed by atoms with Gasteiger partial charge in [0, 0.05) is 23.4 Å². The molecule has 0 spiro atoms. The summed E-state index contributed by atoms with van der Waals surface area (Å²) < 4.78 is 0. The minimum absolute atomic E-state index is 0.0473. The number of nitrogens with zero attached hydrogens (tertiary/aromatic N) is 1. The Morgan fingerprint density at radius 2 is 1.55 bits per heavy atom. The van der Waals surface area contributed by atoms with E-state index >= 15 is 0 Å². The molecular weight excluding hydrogens is 302 g/mol. The summed E-state index contributed by atoms with van der Waals surface area (Å²) in [6.45, 7) is -0.0473. The molecule has 0 saturated carbocycles. The van der Waals surface area contributed by atoms with Crippen LogP contribution in [-0.2, 0) is 4.79 Å². The molecule has 2 aromatic rings. The van der Waals surface area contributed by atoms with Crippen molar-refractivity contribution in [3.63, 3.8) is 0 Å². The van der Waals surface area contributed by atoms with Crippen LogP contribution in [0.25, 0.3) is 0 Å². The normalized spacial score (nSPS) is 9.91. The van der Waals surface area contributed by atoms with Crippen molar-refractivity contribution in [1.29, 1.82) is 0 Å². The van der Waals surface area contributed by atoms with E-state index in [0.29, 0.717) is 16.4 Å². The Morgan fingerprint density at radius 1 is 0.955 bits per heavy atom. The number of hydrogen-bond acceptors (Lipinski definition) is 2. The van der Waals surface area contributed by atoms with Crippen LogP contribution in [0.1, 0.15) is 0 Å². The Bertz CT molecular complexity index is 644. The van der Waals surface area contributed by atoms with Crippen molar-refractivity contribution >= 4 is 34.9 Å². The van der Waals surface area contributed by atoms with Crippen LogP contribution in [0.2, 0.25) is 5.02 Å². The quantitative estimate of drug-likeness (QED) is 0.907. The first kappa shape index (κ1) is 15.9. The van der Waals surface area contributed by atoms with E-state index in [-0.39, 0.29) is 18.5 Å². The number of urea groups is 1. The van der Waals surface area contributed by atoms with Gasteiger partial charge >= 0.3 is 6.03 Å². The molecule has 22 heavy (non-hydrogen) atoms. The molecule has 0 saturated heterocycles. The SMILES string of the molecule is CN(CC(=O)Nc1ccccc1)C(=O)Nc1ccc(Cl)cc1. The van der Waals surface area contributed by atoms with Crippen LogP contribution in [0.15, 0.2) is 54.6 Å². The number of halogens is 1. The zero-order chi connectivity index (χ0) is 15.9. The predicted molar refractivity (Wildman–Crippen MR) is 88.2 cm³/mol. The van der Waals surface area contributed by atoms with Crippen LogP contribution in [0, 0.1) is 0 Å². The van der Waals surface area contributed by atoms with Crippen LogP contribution in [-0.4, -0.2) is 30.4 Å². The van der Waals surface area contributed by atoms with Crippen molar-refractivity contribution in [3.05, 3.63) is 59.6 Å². The first-order valence-electron chi connectivity index (χ1n) is 6.67. The summed E-state index contributed by atoms with van der Waals surface area (Å²) in [7, 11) is 1.55. The number of amides is 3. The molecule has 0 atom stereocenters. The lowest BCUT2D eigenvalue weighted by Crippen LogP contribution is -2.37. The third kappa shape index (κ3) is 4.79. The number of likely N-dealkylation sites (N-methyl/N-ethyl adjacent to an activating group) is 1. The molecule has 0 aliphatic carbocycles. The number of carbonyl (C=O) groups excluding carboxylic acids is 2. The molecule has 0 unspecified atom stereocenters. The van der Waals surface area contributed by atoms with Gasteiger partial charge in [0.05, 0.1) is 0 Å². The lowest BCUT2D eigenvalue weighted by atomic mass is 10.3. The lowest BCUT2D eigenvalue weighted by molar-refractivity contribution is -0.116. The van der Waals surface area contributed by atoms with Gasteiger partial charge in [0.15, 0.2) is 0 Å². The number of hydrogen-bond donors (Lipinski definition) is 2. The molecule has 2 rings (SSSR count). The minimum Gasteiger partial charge on any atom is -0.325 e. The van der Waals surface area contributed by atoms with Gasteiger partial charge in [0.25, 0.3) is 0 Å². The highest BCUT2D eigenvalue weighted by molar-refractivity contribution is 6.30. The van der Waals surface area contributed by atoms with E-state index in [0.717, 1.165) is 0 Å². The number of nitrogens with one attached hydrogen (secondary N) is 2. The van der Waals surface area contributed by atoms with E-state index in [1.807, 2.05) is 18.2 Å². The highest BCUT2D eigenvalue weighted by Gasteiger charge is 2.13. The van der Waals surface area contributed by atoms with E-state index in [9.17, 15) is 9.59 Å². The monoisotopic (exact) mass is 317 g/mol. The molecule has 3 amide bonds. The van der Waals surface area contributed by atoms with Crippen molar-refractivity contribution in [1.82, 2.24) is 4.90 Å². The molecule has 0 bridgehead atoms. The topological polar surface area (TPSA) is 61.4 Å². The molecule has 0 heterocycles. The summed E-state index contributed by atoms with van der Waals surface area (Å²) in [5.74, 6) is -0.264. The third-order valence-corrected chi connectivity index (χ3v) is 3.13. The molecule has 2 N–H and O–H groups in total. The molecule has 0 fully saturated rings. The standard InChI is InChI=1S/C16H16ClN3O2/c1-20(11-15(21)18-13-5-3-2-4-6-13)16(22)19-14-9-7-12(17)8-10-14/h2-10H,11H2,1H3,(H,18,21)(H,19,22). The summed E-state index contributed by atoms with van der Waals surface area (Å²) in [4.78, 5) is 25.2. The molecule has 2 aromatic carbocycles. The third-order valence-electron chi connectivity index (χ3n) is 2.88. The van der Waals surface area contributed by atoms with E-state index in [4.69, 9.17) is 11.6 Å². The molecular formula is C16H16ClN3O2. The van der Waals surface area contributed by atoms with Gasteiger partial charge in [-0.3, -0.25) is 4.79 Å². The van der Waals surface area contributed by atoms with Gasteiger partial charge in [-0.2, -0.15) is 0 Å². The van der Waals surface area contributed by atoms with Crippen molar-refractivity contribution in [2.24, 2.45) is 0 Å². The Hall–Kier alpha value is -2.53. The fourth-order valence-electron chi connectivity index (χ4n) is 1.76. The van der Waals surface area contributed by atoms with E-state index < -0.39 is 0 Å². The number of para-hydroxylation sites is 1. The van der Waals surface area contributed by atoms with E-state index in [1.165, 1.54) is 4.90 Å². The maximum absolute atomic E-state index is 12.0. The van der Waals surface area contributed by atoms with Crippen molar-refractivity contribution in [3.8, 4) is 0 Å². The van der Waals surface area contributed by atoms with Crippen LogP contribution >= 0.6 is 11.6 Å². The zero-order valence-electron chi connectivity index (χ0n) is 12.0. The van der Waals surface area contributed by atoms with Gasteiger partial charge in [0.1, 0.15) is 6.54 Å². The summed E-state index contributed by atoms with van der Waals surface area (Å²) >= 11 is 5.78. The number of carbonyl (C=O) groups is 2. The predicted octanol–water partition coefficient (Wildman–Crippen LogP) is 3.44. The summed E-state index contributed by atoms with van der Waals surface area (Å²) in [6.07, 6.45) is 0. The van der Waals surface area contributed by atoms with Gasteiger partial charge in [-0.25, -0.2) is 4.79 Å². The largest absolute Gasteiger partial charge is 0.325 e. The van der Waals surface area contributed by atoms with Crippen LogP contribution < -0.4 is 10.6 Å². The molecule has 0 aliphatic heterocycles. The summed E-state index contributed by atoms with van der Waals surface area (Å²) in [5, 5.41) is 6.00. The number of rotatable bonds is 4. The fraction of sp³-hybridized carbons (Fsp3) is 0.125. The first-order valence-corrected chi connectivity index (χ1v) is 7.05. The van der Waals surface area contributed by atoms with Gasteiger partial charge in [-0.15, -0.1) is 0 Å². The van der Waals surface area contributed by atoms with Crippen molar-refractivity contribution in [2.45, 2.75) is 0 Å². The van der Waals surface area contributed by atoms with Crippen LogP contribution in [0.4, 0.5) is 16.2 Å². The van der Waals surface area contributed by atoms with Gasteiger partial charge < -0.3 is 15.5 Å². The average Bonchev–Trinajstić information content (AvgIpc) is 2.50. The smallest absolute Gasteiger partial charge is 0.322 e. The van der Waals surface area contributed by atoms with Gasteiger partial charge in [0.2, 0.25) is 5.91 Å². The first-order chi connectivity index (χ1) is 10.5. The summed E-state index contributed by atoms with van der Waals surface area (Å²) in [6, 6.07) is 15.5. The maximum Gasteiger partial charge on any atom is 0.322 e. The van der Waals surface area contributed by atoms with Gasteiger partial charge in [-0.1, -0.05) is 29.8 Å². The number of benzene rings is 2. The van der Waals surface area contributed by atoms with E-state index in [1.54, 1.807) is 43.4 Å². The molecule has 114 valence electrons. The molecule has 0 aromatic heterocycles. The van der Waals surface area contributed by atoms with Crippen LogP contribution in [0.5, 0.6) is 0 Å². The Morgan fingerprint density at radius 3 is 2.18 bits per heavy atom. The van der Waals surface area contributed by atoms with Gasteiger partial charge in [-0.05, 0) is 36.4 Å². The highest BCUT2D eigenvalue weighted by atomic mass is 35.5. The molecule has 0 aliphatic rings. The Balaban J connectivity index is 1.85. The maximum atomic E-state index is 12.0. The van der Waals surface area contributed by atoms with E-state index in [2.05, 4.69) is 10.6 Å². The van der Waals surface area contributed by atoms with Crippen molar-refractivity contribution in [2.75, 3.05) is 24.2 Å². The second kappa shape index (κ2) is 7.47. The Labute approximate surface area is 133 Å². The second-order valence-electron chi connectivity index (χ2n) is 4.71. The molecule has 0 radical (unpaired) electrons.